The van der Waals surface area contributed by atoms with Crippen LogP contribution in [0.1, 0.15) is 29.1 Å². The molecule has 1 aliphatic heterocycles. The lowest BCUT2D eigenvalue weighted by atomic mass is 10.1. The molecule has 40 heavy (non-hydrogen) atoms. The SMILES string of the molecule is COCCN(C(=O)c1ccc2c(c1)OCO2)C(C)c1nc2ccccc2c(=O)n1-c1cc(OC)cc(OC)c1Br. The highest BCUT2D eigenvalue weighted by Gasteiger charge is 2.30. The van der Waals surface area contributed by atoms with Gasteiger partial charge in [-0.25, -0.2) is 4.98 Å². The van der Waals surface area contributed by atoms with Crippen molar-refractivity contribution in [3.8, 4) is 28.7 Å². The van der Waals surface area contributed by atoms with Gasteiger partial charge in [0.15, 0.2) is 11.5 Å². The first-order valence-corrected chi connectivity index (χ1v) is 13.3. The van der Waals surface area contributed by atoms with Crippen LogP contribution in [0.2, 0.25) is 0 Å². The summed E-state index contributed by atoms with van der Waals surface area (Å²) in [7, 11) is 4.64. The summed E-state index contributed by atoms with van der Waals surface area (Å²) in [5, 5.41) is 0.428. The van der Waals surface area contributed by atoms with Crippen LogP contribution in [0.25, 0.3) is 16.6 Å². The number of carbonyl (C=O) groups is 1. The number of rotatable bonds is 9. The van der Waals surface area contributed by atoms with Crippen molar-refractivity contribution in [3.63, 3.8) is 0 Å². The van der Waals surface area contributed by atoms with E-state index < -0.39 is 6.04 Å². The first kappa shape index (κ1) is 27.5. The Morgan fingerprint density at radius 2 is 1.85 bits per heavy atom. The van der Waals surface area contributed by atoms with Gasteiger partial charge >= 0.3 is 0 Å². The van der Waals surface area contributed by atoms with Gasteiger partial charge in [-0.3, -0.25) is 14.2 Å². The molecule has 1 aromatic heterocycles. The van der Waals surface area contributed by atoms with Crippen LogP contribution in [0.15, 0.2) is 63.9 Å². The Morgan fingerprint density at radius 3 is 2.60 bits per heavy atom. The van der Waals surface area contributed by atoms with Gasteiger partial charge < -0.3 is 28.6 Å². The summed E-state index contributed by atoms with van der Waals surface area (Å²) in [4.78, 5) is 34.5. The van der Waals surface area contributed by atoms with Gasteiger partial charge in [-0.05, 0) is 53.2 Å². The highest BCUT2D eigenvalue weighted by molar-refractivity contribution is 9.10. The molecular formula is C29H28BrN3O7. The highest BCUT2D eigenvalue weighted by atomic mass is 79.9. The topological polar surface area (TPSA) is 101 Å². The zero-order valence-electron chi connectivity index (χ0n) is 22.5. The Kier molecular flexibility index (Phi) is 7.95. The molecule has 10 nitrogen and oxygen atoms in total. The molecule has 0 fully saturated rings. The first-order chi connectivity index (χ1) is 19.4. The van der Waals surface area contributed by atoms with E-state index in [1.54, 1.807) is 60.5 Å². The van der Waals surface area contributed by atoms with E-state index in [4.69, 9.17) is 28.7 Å². The number of para-hydroxylation sites is 1. The quantitative estimate of drug-likeness (QED) is 0.268. The van der Waals surface area contributed by atoms with E-state index >= 15 is 0 Å². The molecule has 0 spiro atoms. The van der Waals surface area contributed by atoms with E-state index in [0.29, 0.717) is 55.4 Å². The molecule has 0 aliphatic carbocycles. The third-order valence-corrected chi connectivity index (χ3v) is 7.55. The molecule has 1 aliphatic rings. The predicted molar refractivity (Wildman–Crippen MR) is 152 cm³/mol. The molecular weight excluding hydrogens is 582 g/mol. The first-order valence-electron chi connectivity index (χ1n) is 12.5. The van der Waals surface area contributed by atoms with Gasteiger partial charge in [-0.2, -0.15) is 0 Å². The number of ether oxygens (including phenoxy) is 5. The second-order valence-corrected chi connectivity index (χ2v) is 9.82. The molecule has 0 saturated carbocycles. The number of amides is 1. The van der Waals surface area contributed by atoms with Crippen LogP contribution in [0.3, 0.4) is 0 Å². The van der Waals surface area contributed by atoms with Crippen molar-refractivity contribution in [1.82, 2.24) is 14.5 Å². The average Bonchev–Trinajstić information content (AvgIpc) is 3.45. The third-order valence-electron chi connectivity index (χ3n) is 6.75. The maximum atomic E-state index is 14.1. The van der Waals surface area contributed by atoms with E-state index in [2.05, 4.69) is 15.9 Å². The van der Waals surface area contributed by atoms with Crippen molar-refractivity contribution >= 4 is 32.7 Å². The number of nitrogens with zero attached hydrogens (tertiary/aromatic N) is 3. The van der Waals surface area contributed by atoms with Crippen LogP contribution in [0, 0.1) is 0 Å². The molecule has 1 atom stereocenters. The minimum absolute atomic E-state index is 0.100. The van der Waals surface area contributed by atoms with Gasteiger partial charge in [-0.15, -0.1) is 0 Å². The maximum absolute atomic E-state index is 14.1. The summed E-state index contributed by atoms with van der Waals surface area (Å²) in [6.07, 6.45) is 0. The van der Waals surface area contributed by atoms with E-state index in [1.165, 1.54) is 18.8 Å². The fourth-order valence-electron chi connectivity index (χ4n) is 4.65. The molecule has 0 N–H and O–H groups in total. The van der Waals surface area contributed by atoms with Crippen molar-refractivity contribution in [1.29, 1.82) is 0 Å². The van der Waals surface area contributed by atoms with Crippen molar-refractivity contribution in [3.05, 3.63) is 80.8 Å². The number of aromatic nitrogens is 2. The second-order valence-electron chi connectivity index (χ2n) is 9.03. The number of halogens is 1. The maximum Gasteiger partial charge on any atom is 0.266 e. The molecule has 0 radical (unpaired) electrons. The summed E-state index contributed by atoms with van der Waals surface area (Å²) in [6, 6.07) is 14.9. The minimum atomic E-state index is -0.658. The average molecular weight is 610 g/mol. The van der Waals surface area contributed by atoms with Crippen molar-refractivity contribution < 1.29 is 28.5 Å². The largest absolute Gasteiger partial charge is 0.497 e. The Bertz CT molecular complexity index is 1640. The van der Waals surface area contributed by atoms with E-state index in [9.17, 15) is 9.59 Å². The number of benzene rings is 3. The zero-order valence-corrected chi connectivity index (χ0v) is 24.1. The van der Waals surface area contributed by atoms with Crippen LogP contribution < -0.4 is 24.5 Å². The lowest BCUT2D eigenvalue weighted by Crippen LogP contribution is -2.39. The lowest BCUT2D eigenvalue weighted by molar-refractivity contribution is 0.0605. The van der Waals surface area contributed by atoms with Crippen molar-refractivity contribution in [2.24, 2.45) is 0 Å². The Hall–Kier alpha value is -4.09. The van der Waals surface area contributed by atoms with Gasteiger partial charge in [0.25, 0.3) is 11.5 Å². The number of fused-ring (bicyclic) bond motifs is 2. The predicted octanol–water partition coefficient (Wildman–Crippen LogP) is 4.74. The molecule has 3 aromatic carbocycles. The van der Waals surface area contributed by atoms with E-state index in [0.717, 1.165) is 0 Å². The van der Waals surface area contributed by atoms with Crippen LogP contribution in [-0.2, 0) is 4.74 Å². The smallest absolute Gasteiger partial charge is 0.266 e. The van der Waals surface area contributed by atoms with Crippen molar-refractivity contribution in [2.45, 2.75) is 13.0 Å². The van der Waals surface area contributed by atoms with Crippen LogP contribution in [0.5, 0.6) is 23.0 Å². The fraction of sp³-hybridized carbons (Fsp3) is 0.276. The Morgan fingerprint density at radius 1 is 1.07 bits per heavy atom. The van der Waals surface area contributed by atoms with Gasteiger partial charge in [0.05, 0.1) is 47.9 Å². The molecule has 4 aromatic rings. The number of carbonyl (C=O) groups excluding carboxylic acids is 1. The van der Waals surface area contributed by atoms with E-state index in [-0.39, 0.29) is 31.4 Å². The summed E-state index contributed by atoms with van der Waals surface area (Å²) in [5.74, 6) is 2.11. The monoisotopic (exact) mass is 609 g/mol. The molecule has 1 unspecified atom stereocenters. The number of hydrogen-bond acceptors (Lipinski definition) is 8. The summed E-state index contributed by atoms with van der Waals surface area (Å²) < 4.78 is 29.3. The number of methoxy groups -OCH3 is 3. The van der Waals surface area contributed by atoms with Gasteiger partial charge in [-0.1, -0.05) is 12.1 Å². The van der Waals surface area contributed by atoms with Crippen molar-refractivity contribution in [2.75, 3.05) is 41.3 Å². The van der Waals surface area contributed by atoms with E-state index in [1.807, 2.05) is 13.0 Å². The molecule has 5 rings (SSSR count). The highest BCUT2D eigenvalue weighted by Crippen LogP contribution is 2.37. The van der Waals surface area contributed by atoms with Crippen LogP contribution in [0.4, 0.5) is 0 Å². The molecule has 2 heterocycles. The van der Waals surface area contributed by atoms with Crippen LogP contribution >= 0.6 is 15.9 Å². The zero-order chi connectivity index (χ0) is 28.4. The molecule has 208 valence electrons. The molecule has 0 saturated heterocycles. The van der Waals surface area contributed by atoms with Gasteiger partial charge in [0, 0.05) is 31.4 Å². The Balaban J connectivity index is 1.71. The summed E-state index contributed by atoms with van der Waals surface area (Å²) in [5.41, 5.74) is 1.08. The number of hydrogen-bond donors (Lipinski definition) is 0. The summed E-state index contributed by atoms with van der Waals surface area (Å²) in [6.45, 7) is 2.45. The Labute approximate surface area is 239 Å². The van der Waals surface area contributed by atoms with Crippen LogP contribution in [-0.4, -0.2) is 61.6 Å². The molecule has 0 bridgehead atoms. The fourth-order valence-corrected chi connectivity index (χ4v) is 5.21. The van der Waals surface area contributed by atoms with Gasteiger partial charge in [0.1, 0.15) is 17.3 Å². The van der Waals surface area contributed by atoms with Gasteiger partial charge in [0.2, 0.25) is 6.79 Å². The second kappa shape index (κ2) is 11.6. The third kappa shape index (κ3) is 4.98. The standard InChI is InChI=1S/C29H28BrN3O7/c1-17(32(11-12-36-2)28(34)18-9-10-23-24(13-18)40-16-39-23)27-31-21-8-6-5-7-20(21)29(35)33(27)22-14-19(37-3)15-25(38-4)26(22)30/h5-10,13-15,17H,11-12,16H2,1-4H3. The minimum Gasteiger partial charge on any atom is -0.497 e. The summed E-state index contributed by atoms with van der Waals surface area (Å²) >= 11 is 3.60. The molecule has 1 amide bonds. The normalized spacial score (nSPS) is 12.8. The lowest BCUT2D eigenvalue weighted by Gasteiger charge is -2.31. The molecule has 11 heteroatoms.